The van der Waals surface area contributed by atoms with Crippen LogP contribution in [0.5, 0.6) is 11.5 Å². The number of ether oxygens (including phenoxy) is 1. The molecule has 0 saturated carbocycles. The molecule has 2 aromatic heterocycles. The number of hydrogen-bond acceptors (Lipinski definition) is 6. The highest BCUT2D eigenvalue weighted by Crippen LogP contribution is 2.29. The quantitative estimate of drug-likeness (QED) is 0.439. The molecule has 2 heterocycles. The van der Waals surface area contributed by atoms with Gasteiger partial charge in [-0.1, -0.05) is 13.8 Å². The number of hydrogen-bond donors (Lipinski definition) is 3. The Balaban J connectivity index is 0.00000166. The maximum Gasteiger partial charge on any atom is 0.165 e. The second kappa shape index (κ2) is 11.9. The van der Waals surface area contributed by atoms with Gasteiger partial charge in [0.05, 0.1) is 25.1 Å². The summed E-state index contributed by atoms with van der Waals surface area (Å²) in [4.78, 5) is 4.01. The van der Waals surface area contributed by atoms with E-state index in [9.17, 15) is 14.6 Å². The number of benzene rings is 1. The minimum atomic E-state index is -0.390. The summed E-state index contributed by atoms with van der Waals surface area (Å²) in [6.07, 6.45) is 6.99. The van der Waals surface area contributed by atoms with Crippen LogP contribution in [-0.4, -0.2) is 31.6 Å². The summed E-state index contributed by atoms with van der Waals surface area (Å²) in [5.74, 6) is 0.176. The molecule has 4 N–H and O–H groups in total. The number of pyridine rings is 1. The number of aryl methyl sites for hydroxylation is 2. The van der Waals surface area contributed by atoms with Crippen molar-refractivity contribution in [3.05, 3.63) is 53.6 Å². The van der Waals surface area contributed by atoms with Crippen LogP contribution < -0.4 is 10.5 Å². The molecule has 0 fully saturated rings. The molecule has 168 valence electrons. The van der Waals surface area contributed by atoms with Crippen LogP contribution in [0, 0.1) is 5.82 Å². The van der Waals surface area contributed by atoms with Gasteiger partial charge in [0.25, 0.3) is 0 Å². The summed E-state index contributed by atoms with van der Waals surface area (Å²) in [5.41, 5.74) is 8.78. The molecule has 31 heavy (non-hydrogen) atoms. The lowest BCUT2D eigenvalue weighted by molar-refractivity contribution is 0.259. The van der Waals surface area contributed by atoms with Crippen LogP contribution in [0.4, 0.5) is 10.2 Å². The van der Waals surface area contributed by atoms with Crippen molar-refractivity contribution in [3.8, 4) is 22.8 Å². The molecule has 7 nitrogen and oxygen atoms in total. The Kier molecular flexibility index (Phi) is 9.27. The van der Waals surface area contributed by atoms with Gasteiger partial charge < -0.3 is 20.7 Å². The van der Waals surface area contributed by atoms with Crippen LogP contribution in [0.25, 0.3) is 11.3 Å². The van der Waals surface area contributed by atoms with Gasteiger partial charge in [0, 0.05) is 24.4 Å². The fourth-order valence-electron chi connectivity index (χ4n) is 3.22. The smallest absolute Gasteiger partial charge is 0.165 e. The number of aromatic hydroxyl groups is 1. The third-order valence-electron chi connectivity index (χ3n) is 4.73. The van der Waals surface area contributed by atoms with E-state index in [-0.39, 0.29) is 18.2 Å². The van der Waals surface area contributed by atoms with Crippen LogP contribution in [-0.2, 0) is 20.1 Å². The number of nitrogens with zero attached hydrogens (tertiary/aromatic N) is 3. The molecule has 0 bridgehead atoms. The summed E-state index contributed by atoms with van der Waals surface area (Å²) in [6.45, 7) is 4.24. The van der Waals surface area contributed by atoms with Gasteiger partial charge in [0.1, 0.15) is 11.6 Å². The molecule has 0 spiro atoms. The Labute approximate surface area is 182 Å². The van der Waals surface area contributed by atoms with Crippen LogP contribution in [0.15, 0.2) is 36.7 Å². The van der Waals surface area contributed by atoms with Gasteiger partial charge in [-0.25, -0.2) is 9.37 Å². The van der Waals surface area contributed by atoms with Crippen LogP contribution in [0.3, 0.4) is 0 Å². The lowest BCUT2D eigenvalue weighted by Gasteiger charge is -2.10. The van der Waals surface area contributed by atoms with Crippen molar-refractivity contribution < 1.29 is 19.3 Å². The zero-order valence-electron chi connectivity index (χ0n) is 18.3. The molecule has 0 aliphatic heterocycles. The fourth-order valence-corrected chi connectivity index (χ4v) is 3.22. The number of halogens is 1. The van der Waals surface area contributed by atoms with Gasteiger partial charge >= 0.3 is 0 Å². The maximum atomic E-state index is 13.2. The molecular formula is C23H31FN4O3. The van der Waals surface area contributed by atoms with Crippen LogP contribution in [0.2, 0.25) is 0 Å². The molecule has 0 aliphatic rings. The Morgan fingerprint density at radius 3 is 2.58 bits per heavy atom. The lowest BCUT2D eigenvalue weighted by atomic mass is 10.0. The zero-order valence-corrected chi connectivity index (χ0v) is 18.3. The minimum absolute atomic E-state index is 0.0464. The molecule has 1 aromatic carbocycles. The van der Waals surface area contributed by atoms with Crippen molar-refractivity contribution >= 4 is 5.82 Å². The Morgan fingerprint density at radius 2 is 1.87 bits per heavy atom. The fraction of sp³-hybridized carbons (Fsp3) is 0.391. The van der Waals surface area contributed by atoms with Crippen molar-refractivity contribution in [3.63, 3.8) is 0 Å². The SMILES string of the molecule is CC.Cn1ncc(CCCCCOc2ccc(F)cc2CO)c1-c1cnc(N)c(O)c1. The van der Waals surface area contributed by atoms with Crippen molar-refractivity contribution in [2.75, 3.05) is 12.3 Å². The van der Waals surface area contributed by atoms with Gasteiger partial charge in [0.15, 0.2) is 11.6 Å². The van der Waals surface area contributed by atoms with E-state index in [1.54, 1.807) is 23.0 Å². The molecule has 0 aliphatic carbocycles. The molecule has 3 rings (SSSR count). The number of aromatic nitrogens is 3. The van der Waals surface area contributed by atoms with Crippen molar-refractivity contribution in [1.82, 2.24) is 14.8 Å². The number of nitrogens with two attached hydrogens (primary N) is 1. The van der Waals surface area contributed by atoms with Gasteiger partial charge in [0.2, 0.25) is 0 Å². The molecule has 0 amide bonds. The average Bonchev–Trinajstić information content (AvgIpc) is 3.15. The predicted octanol–water partition coefficient (Wildman–Crippen LogP) is 4.22. The summed E-state index contributed by atoms with van der Waals surface area (Å²) >= 11 is 0. The zero-order chi connectivity index (χ0) is 22.8. The van der Waals surface area contributed by atoms with E-state index >= 15 is 0 Å². The summed E-state index contributed by atoms with van der Waals surface area (Å²) in [6, 6.07) is 5.74. The highest BCUT2D eigenvalue weighted by atomic mass is 19.1. The molecule has 0 saturated heterocycles. The highest BCUT2D eigenvalue weighted by molar-refractivity contribution is 5.66. The number of unbranched alkanes of at least 4 members (excludes halogenated alkanes) is 2. The van der Waals surface area contributed by atoms with Crippen LogP contribution >= 0.6 is 0 Å². The summed E-state index contributed by atoms with van der Waals surface area (Å²) in [5, 5.41) is 23.4. The number of nitrogen functional groups attached to an aromatic ring is 1. The highest BCUT2D eigenvalue weighted by Gasteiger charge is 2.13. The van der Waals surface area contributed by atoms with Gasteiger partial charge in [-0.05, 0) is 55.5 Å². The first-order valence-electron chi connectivity index (χ1n) is 10.5. The summed E-state index contributed by atoms with van der Waals surface area (Å²) < 4.78 is 20.6. The Bertz CT molecular complexity index is 975. The van der Waals surface area contributed by atoms with E-state index in [0.29, 0.717) is 17.9 Å². The molecule has 3 aromatic rings. The third-order valence-corrected chi connectivity index (χ3v) is 4.73. The second-order valence-electron chi connectivity index (χ2n) is 6.84. The first-order valence-corrected chi connectivity index (χ1v) is 10.5. The topological polar surface area (TPSA) is 106 Å². The second-order valence-corrected chi connectivity index (χ2v) is 6.84. The standard InChI is InChI=1S/C21H25FN4O3.C2H6/c1-26-20(15-10-18(28)21(23)24-11-15)14(12-25-26)5-3-2-4-8-29-19-7-6-17(22)9-16(19)13-27;1-2/h6-7,9-12,27-28H,2-5,8,13H2,1H3,(H2,23,24);1-2H3. The van der Waals surface area contributed by atoms with E-state index in [0.717, 1.165) is 42.5 Å². The number of aliphatic hydroxyl groups is 1. The monoisotopic (exact) mass is 430 g/mol. The van der Waals surface area contributed by atoms with E-state index < -0.39 is 5.82 Å². The molecule has 0 atom stereocenters. The van der Waals surface area contributed by atoms with Crippen molar-refractivity contribution in [2.45, 2.75) is 46.1 Å². The largest absolute Gasteiger partial charge is 0.504 e. The summed E-state index contributed by atoms with van der Waals surface area (Å²) in [7, 11) is 1.85. The van der Waals surface area contributed by atoms with E-state index in [4.69, 9.17) is 10.5 Å². The Hall–Kier alpha value is -3.13. The third kappa shape index (κ3) is 6.42. The average molecular weight is 431 g/mol. The molecule has 0 unspecified atom stereocenters. The lowest BCUT2D eigenvalue weighted by Crippen LogP contribution is -2.01. The Morgan fingerprint density at radius 1 is 1.10 bits per heavy atom. The molecule has 8 heteroatoms. The predicted molar refractivity (Wildman–Crippen MR) is 119 cm³/mol. The number of anilines is 1. The number of aliphatic hydroxyl groups excluding tert-OH is 1. The van der Waals surface area contributed by atoms with E-state index in [2.05, 4.69) is 10.1 Å². The van der Waals surface area contributed by atoms with Crippen molar-refractivity contribution in [2.24, 2.45) is 7.05 Å². The van der Waals surface area contributed by atoms with E-state index in [1.807, 2.05) is 27.1 Å². The van der Waals surface area contributed by atoms with Gasteiger partial charge in [-0.15, -0.1) is 0 Å². The van der Waals surface area contributed by atoms with E-state index in [1.165, 1.54) is 12.1 Å². The maximum absolute atomic E-state index is 13.2. The first kappa shape index (κ1) is 24.1. The normalized spacial score (nSPS) is 10.5. The van der Waals surface area contributed by atoms with Gasteiger partial charge in [-0.3, -0.25) is 4.68 Å². The molecular weight excluding hydrogens is 399 g/mol. The molecule has 0 radical (unpaired) electrons. The first-order chi connectivity index (χ1) is 15.0. The number of rotatable bonds is 9. The van der Waals surface area contributed by atoms with Crippen molar-refractivity contribution in [1.29, 1.82) is 0 Å². The minimum Gasteiger partial charge on any atom is -0.504 e. The van der Waals surface area contributed by atoms with Gasteiger partial charge in [-0.2, -0.15) is 5.10 Å². The van der Waals surface area contributed by atoms with Crippen LogP contribution in [0.1, 0.15) is 44.2 Å².